The zero-order valence-electron chi connectivity index (χ0n) is 5.08. The van der Waals surface area contributed by atoms with Crippen LogP contribution in [0.1, 0.15) is 0 Å². The Hall–Kier alpha value is 4.11. The van der Waals surface area contributed by atoms with Crippen LogP contribution in [-0.2, 0) is 4.57 Å². The molecule has 0 aliphatic carbocycles. The summed E-state index contributed by atoms with van der Waals surface area (Å²) in [5.74, 6) is 0. The summed E-state index contributed by atoms with van der Waals surface area (Å²) in [6.07, 6.45) is 0. The van der Waals surface area contributed by atoms with Crippen LogP contribution in [-0.4, -0.2) is 29.6 Å². The second-order valence-corrected chi connectivity index (χ2v) is 1.34. The van der Waals surface area contributed by atoms with Crippen molar-refractivity contribution in [3.8, 4) is 0 Å². The minimum atomic E-state index is -5.39. The van der Waals surface area contributed by atoms with Gasteiger partial charge < -0.3 is 19.2 Å². The Morgan fingerprint density at radius 2 is 0.889 bits per heavy atom. The molecule has 0 aromatic carbocycles. The zero-order valence-corrected chi connectivity index (χ0v) is 12.0. The van der Waals surface area contributed by atoms with Gasteiger partial charge in [0.2, 0.25) is 0 Å². The standard InChI is InChI=1S/4Na.H3O4P.H/c;;;;1-5(2,3)4;/h;;;;(H3,1,2,3,4);/q;3*+1;;/p-3. The molecule has 0 saturated carbocycles. The van der Waals surface area contributed by atoms with Crippen LogP contribution in [0.3, 0.4) is 0 Å². The first-order valence-electron chi connectivity index (χ1n) is 0.730. The van der Waals surface area contributed by atoms with Crippen LogP contribution in [0.15, 0.2) is 0 Å². The van der Waals surface area contributed by atoms with E-state index in [0.717, 1.165) is 0 Å². The Labute approximate surface area is 142 Å². The number of phosphoric acid groups is 1. The van der Waals surface area contributed by atoms with Crippen LogP contribution >= 0.6 is 7.82 Å². The van der Waals surface area contributed by atoms with Gasteiger partial charge in [0.05, 0.1) is 0 Å². The molecule has 0 aliphatic rings. The fourth-order valence-corrected chi connectivity index (χ4v) is 0. The van der Waals surface area contributed by atoms with Crippen LogP contribution in [0, 0.1) is 0 Å². The molecule has 0 aromatic rings. The van der Waals surface area contributed by atoms with Crippen molar-refractivity contribution >= 4 is 37.4 Å². The topological polar surface area (TPSA) is 86.2 Å². The van der Waals surface area contributed by atoms with E-state index in [1.165, 1.54) is 0 Å². The number of hydrogen-bond donors (Lipinski definition) is 0. The van der Waals surface area contributed by atoms with E-state index < -0.39 is 7.82 Å². The molecule has 9 heavy (non-hydrogen) atoms. The quantitative estimate of drug-likeness (QED) is 0.279. The molecule has 0 rings (SSSR count). The van der Waals surface area contributed by atoms with Gasteiger partial charge in [0.15, 0.2) is 0 Å². The molecule has 0 unspecified atom stereocenters. The fraction of sp³-hybridized carbons (Fsp3) is 0. The SMILES string of the molecule is O=P([O-])([O-])[O-].[Na+].[Na+].[Na+].[NaH]. The minimum absolute atomic E-state index is 0. The molecule has 0 spiro atoms. The maximum atomic E-state index is 8.55. The zero-order chi connectivity index (χ0) is 4.50. The van der Waals surface area contributed by atoms with E-state index >= 15 is 0 Å². The summed E-state index contributed by atoms with van der Waals surface area (Å²) < 4.78 is 8.55. The van der Waals surface area contributed by atoms with E-state index in [4.69, 9.17) is 19.2 Å². The third kappa shape index (κ3) is 73.3. The molecular formula is HNa4O4P. The van der Waals surface area contributed by atoms with Gasteiger partial charge in [-0.15, -0.1) is 0 Å². The van der Waals surface area contributed by atoms with Crippen molar-refractivity contribution in [3.63, 3.8) is 0 Å². The first-order valence-corrected chi connectivity index (χ1v) is 2.19. The first kappa shape index (κ1) is 29.2. The second-order valence-electron chi connectivity index (χ2n) is 0.447. The first-order chi connectivity index (χ1) is 2.00. The Morgan fingerprint density at radius 1 is 0.889 bits per heavy atom. The van der Waals surface area contributed by atoms with Crippen LogP contribution in [0.2, 0.25) is 0 Å². The van der Waals surface area contributed by atoms with Crippen molar-refractivity contribution in [2.24, 2.45) is 0 Å². The van der Waals surface area contributed by atoms with Crippen LogP contribution < -0.4 is 103 Å². The van der Waals surface area contributed by atoms with E-state index in [1.54, 1.807) is 0 Å². The molecule has 0 amide bonds. The molecule has 0 N–H and O–H groups in total. The summed E-state index contributed by atoms with van der Waals surface area (Å²) in [6, 6.07) is 0. The van der Waals surface area contributed by atoms with Gasteiger partial charge in [-0.05, 0) is 0 Å². The van der Waals surface area contributed by atoms with E-state index in [0.29, 0.717) is 0 Å². The van der Waals surface area contributed by atoms with Crippen LogP contribution in [0.5, 0.6) is 0 Å². The predicted molar refractivity (Wildman–Crippen MR) is 14.8 cm³/mol. The Kier molecular flexibility index (Phi) is 47.5. The van der Waals surface area contributed by atoms with Gasteiger partial charge in [0.1, 0.15) is 0 Å². The molecule has 34 valence electrons. The van der Waals surface area contributed by atoms with Crippen molar-refractivity contribution in [1.29, 1.82) is 0 Å². The van der Waals surface area contributed by atoms with Gasteiger partial charge in [-0.25, -0.2) is 0 Å². The number of rotatable bonds is 0. The van der Waals surface area contributed by atoms with Crippen molar-refractivity contribution in [2.75, 3.05) is 0 Å². The monoisotopic (exact) mass is 188 g/mol. The summed E-state index contributed by atoms with van der Waals surface area (Å²) in [5, 5.41) is 0. The van der Waals surface area contributed by atoms with Crippen molar-refractivity contribution in [1.82, 2.24) is 0 Å². The fourth-order valence-electron chi connectivity index (χ4n) is 0. The molecule has 0 saturated heterocycles. The van der Waals surface area contributed by atoms with Crippen LogP contribution in [0.25, 0.3) is 0 Å². The maximum absolute atomic E-state index is 8.55. The van der Waals surface area contributed by atoms with Crippen LogP contribution in [0.4, 0.5) is 0 Å². The van der Waals surface area contributed by atoms with Gasteiger partial charge in [-0.3, -0.25) is 0 Å². The van der Waals surface area contributed by atoms with Gasteiger partial charge in [-0.2, -0.15) is 7.82 Å². The Bertz CT molecular complexity index is 58.7. The second kappa shape index (κ2) is 14.6. The molecule has 0 aliphatic heterocycles. The van der Waals surface area contributed by atoms with E-state index in [1.807, 2.05) is 0 Å². The van der Waals surface area contributed by atoms with Gasteiger partial charge in [0, 0.05) is 0 Å². The summed E-state index contributed by atoms with van der Waals surface area (Å²) in [7, 11) is -5.39. The molecule has 0 atom stereocenters. The number of hydrogen-bond acceptors (Lipinski definition) is 4. The van der Waals surface area contributed by atoms with E-state index in [2.05, 4.69) is 0 Å². The van der Waals surface area contributed by atoms with E-state index in [-0.39, 0.29) is 118 Å². The Morgan fingerprint density at radius 3 is 0.889 bits per heavy atom. The third-order valence-electron chi connectivity index (χ3n) is 0. The molecule has 4 nitrogen and oxygen atoms in total. The molecule has 0 bridgehead atoms. The molecular weight excluding hydrogens is 187 g/mol. The average molecular weight is 188 g/mol. The molecule has 9 heteroatoms. The van der Waals surface area contributed by atoms with Crippen molar-refractivity contribution in [2.45, 2.75) is 0 Å². The molecule has 0 radical (unpaired) electrons. The summed E-state index contributed by atoms with van der Waals surface area (Å²) in [6.45, 7) is 0. The normalized spacial score (nSPS) is 6.56. The summed E-state index contributed by atoms with van der Waals surface area (Å²) >= 11 is 0. The predicted octanol–water partition coefficient (Wildman–Crippen LogP) is -12.5. The van der Waals surface area contributed by atoms with Gasteiger partial charge >= 0.3 is 118 Å². The average Bonchev–Trinajstić information content (AvgIpc) is 0.722. The Balaban J connectivity index is -0.0000000133. The van der Waals surface area contributed by atoms with Gasteiger partial charge in [-0.1, -0.05) is 0 Å². The molecule has 0 fully saturated rings. The summed E-state index contributed by atoms with van der Waals surface area (Å²) in [5.41, 5.74) is 0. The van der Waals surface area contributed by atoms with Gasteiger partial charge in [0.25, 0.3) is 0 Å². The van der Waals surface area contributed by atoms with Crippen molar-refractivity contribution in [3.05, 3.63) is 0 Å². The third-order valence-corrected chi connectivity index (χ3v) is 0. The molecule has 0 heterocycles. The summed E-state index contributed by atoms with van der Waals surface area (Å²) in [4.78, 5) is 25.6. The van der Waals surface area contributed by atoms with Crippen molar-refractivity contribution < 1.29 is 108 Å². The molecule has 0 aromatic heterocycles. The van der Waals surface area contributed by atoms with E-state index in [9.17, 15) is 0 Å².